The minimum Gasteiger partial charge on any atom is -0.481 e. The lowest BCUT2D eigenvalue weighted by molar-refractivity contribution is -0.184. The average molecular weight is 2100 g/mol. The summed E-state index contributed by atoms with van der Waals surface area (Å²) in [6.45, 7) is 2.40. The number of carbonyl (C=O) groups is 21. The van der Waals surface area contributed by atoms with Gasteiger partial charge in [0.2, 0.25) is 94.5 Å². The van der Waals surface area contributed by atoms with Crippen LogP contribution in [0.4, 0.5) is 13.2 Å². The Labute approximate surface area is 844 Å². The first kappa shape index (κ1) is 119. The van der Waals surface area contributed by atoms with Gasteiger partial charge in [-0.2, -0.15) is 13.2 Å². The summed E-state index contributed by atoms with van der Waals surface area (Å²) in [7, 11) is 1.38. The molecule has 49 nitrogen and oxygen atoms in total. The zero-order valence-electron chi connectivity index (χ0n) is 81.8. The molecule has 3 aliphatic carbocycles. The van der Waals surface area contributed by atoms with E-state index in [1.54, 1.807) is 33.4 Å². The fraction of sp³-hybridized carbons (Fsp3) is 0.769. The van der Waals surface area contributed by atoms with Crippen molar-refractivity contribution >= 4 is 146 Å². The van der Waals surface area contributed by atoms with Gasteiger partial charge in [-0.25, -0.2) is 0 Å². The Bertz CT molecular complexity index is 4470. The largest absolute Gasteiger partial charge is 0.481 e. The first-order chi connectivity index (χ1) is 68.7. The number of nitrogens with one attached hydrogen (secondary N) is 14. The van der Waals surface area contributed by atoms with Crippen LogP contribution in [0.25, 0.3) is 0 Å². The Morgan fingerprint density at radius 2 is 1.01 bits per heavy atom. The van der Waals surface area contributed by atoms with Crippen LogP contribution in [-0.4, -0.2) is 393 Å². The molecule has 8 aliphatic rings. The maximum atomic E-state index is 15.7. The molecule has 0 radical (unpaired) electrons. The minimum absolute atomic E-state index is 0.00747. The van der Waals surface area contributed by atoms with Gasteiger partial charge in [0.1, 0.15) is 72.5 Å². The van der Waals surface area contributed by atoms with E-state index in [4.69, 9.17) is 17.2 Å². The normalized spacial score (nSPS) is 27.2. The van der Waals surface area contributed by atoms with Crippen molar-refractivity contribution in [2.75, 3.05) is 116 Å². The number of nitrogens with two attached hydrogens (primary N) is 3. The highest BCUT2D eigenvalue weighted by Crippen LogP contribution is 2.42. The topological polar surface area (TPSA) is 743 Å². The highest BCUT2D eigenvalue weighted by molar-refractivity contribution is 8.76. The number of carboxylic acid groups (broad SMARTS) is 5. The predicted molar refractivity (Wildman–Crippen MR) is 513 cm³/mol. The number of nitrogens with zero attached hydrogens (tertiary/aromatic N) is 5. The Morgan fingerprint density at radius 1 is 0.483 bits per heavy atom. The van der Waals surface area contributed by atoms with E-state index in [2.05, 4.69) is 74.4 Å². The number of likely N-dealkylation sites (tertiary alicyclic amines) is 1. The van der Waals surface area contributed by atoms with E-state index < -0.39 is 277 Å². The fourth-order valence-corrected chi connectivity index (χ4v) is 22.5. The lowest BCUT2D eigenvalue weighted by Crippen LogP contribution is -2.61. The van der Waals surface area contributed by atoms with E-state index in [-0.39, 0.29) is 199 Å². The minimum atomic E-state index is -4.56. The SMILES string of the molecule is CC(C)C[C@@H]1NC(=O)[C@H](CC2CC3CCCCC3N2)NC(=O)[C@@H](NC(=O)[C@H](CC(=O)O)NC(=O)[C@H](CO)NC(=O)CCCCCNC(=O)CN2CCN(CC(=O)O)CCN(CC(=O)O)CCN(CC(=O)O)CC2)CSSC[C@@H](C(=O)N2CCC[C@H]2C(=O)N[C@@H](CC2CCC(C(F)(F)F)CC2)C(=O)N[C@@H](CC(=O)O)C(N)=O)NC(=O)[C@H](CC(N)=O)NC(=O)[C@H](CC2CNC3CCCCC23)NC(=O)[C@H](CCC(N)=O)NC1=O. The standard InChI is InChI=1S/C91H145F3N22O27S2/c1-49(2)33-60-81(134)102-58(21-22-70(95)118)80(133)105-62(36-52-41-99-57-14-8-6-12-55(52)57)83(136)107-64(38-71(96)119)85(138)111-68(90(143)116-24-10-15-69(116)89(142)109-61(82(135)103-59(79(97)132)39-74(122)123)34-50-17-19-53(20-18-50)91(92,93)94)48-145-144-47-67(88(141)106-63(84(137)104-60)37-54-35-51-11-5-7-13-56(51)100-54)110-86(139)65(40-75(124)125)108-87(140)66(46-117)101-72(120)16-4-3-9-23-98-73(121)42-112-25-27-113(43-76(126)127)29-31-115(45-78(130)131)32-30-114(28-26-112)44-77(128)129/h49-69,99-100,117H,3-48H2,1-2H3,(H2,95,118)(H2,96,119)(H2,97,132)(H,98,121)(H,101,120)(H,102,134)(H,103,135)(H,104,137)(H,105,133)(H,106,141)(H,107,136)(H,108,140)(H,109,142)(H,110,139)(H,111,138)(H,122,123)(H,124,125)(H,126,127)(H,128,129)(H,130,131)/t50?,51?,52?,53?,54?,55?,56?,57?,58-,59-,60-,61-,62-,63-,64-,65-,66-,67-,68-,69-/m0/s1. The van der Waals surface area contributed by atoms with Crippen molar-refractivity contribution in [2.45, 2.75) is 290 Å². The van der Waals surface area contributed by atoms with Gasteiger partial charge in [-0.15, -0.1) is 0 Å². The number of aliphatic hydroxyl groups excluding tert-OH is 1. The number of halogens is 3. The number of primary amides is 3. The number of aliphatic hydroxyl groups is 1. The van der Waals surface area contributed by atoms with Crippen molar-refractivity contribution in [1.82, 2.24) is 98.9 Å². The summed E-state index contributed by atoms with van der Waals surface area (Å²) >= 11 is 0. The first-order valence-corrected chi connectivity index (χ1v) is 52.3. The van der Waals surface area contributed by atoms with Crippen molar-refractivity contribution in [3.63, 3.8) is 0 Å². The van der Waals surface area contributed by atoms with Crippen molar-refractivity contribution in [2.24, 2.45) is 52.7 Å². The molecule has 0 aromatic heterocycles. The smallest absolute Gasteiger partial charge is 0.391 e. The first-order valence-electron chi connectivity index (χ1n) is 49.9. The van der Waals surface area contributed by atoms with E-state index in [1.165, 1.54) is 0 Å². The molecule has 145 heavy (non-hydrogen) atoms. The lowest BCUT2D eigenvalue weighted by atomic mass is 9.77. The molecule has 0 aromatic carbocycles. The summed E-state index contributed by atoms with van der Waals surface area (Å²) in [5.74, 6) is -28.4. The average Bonchev–Trinajstić information content (AvgIpc) is 1.70. The van der Waals surface area contributed by atoms with Gasteiger partial charge in [0.05, 0.1) is 58.0 Å². The Kier molecular flexibility index (Phi) is 48.7. The van der Waals surface area contributed by atoms with Crippen molar-refractivity contribution < 1.29 is 144 Å². The van der Waals surface area contributed by atoms with Crippen LogP contribution >= 0.6 is 21.6 Å². The monoisotopic (exact) mass is 2100 g/mol. The van der Waals surface area contributed by atoms with Crippen LogP contribution in [0.15, 0.2) is 0 Å². The number of amides is 16. The van der Waals surface area contributed by atoms with E-state index in [9.17, 15) is 106 Å². The summed E-state index contributed by atoms with van der Waals surface area (Å²) < 4.78 is 41.9. The molecule has 8 fully saturated rings. The summed E-state index contributed by atoms with van der Waals surface area (Å²) in [5, 5.41) is 96.9. The van der Waals surface area contributed by atoms with Crippen LogP contribution in [0, 0.1) is 35.5 Å². The Hall–Kier alpha value is -10.9. The molecule has 814 valence electrons. The maximum Gasteiger partial charge on any atom is 0.391 e. The van der Waals surface area contributed by atoms with Crippen LogP contribution in [0.1, 0.15) is 194 Å². The number of hydrogen-bond donors (Lipinski definition) is 23. The molecule has 26 N–H and O–H groups in total. The van der Waals surface area contributed by atoms with Crippen molar-refractivity contribution in [3.05, 3.63) is 0 Å². The van der Waals surface area contributed by atoms with Gasteiger partial charge in [0, 0.05) is 108 Å². The number of aliphatic carboxylic acids is 5. The molecule has 0 bridgehead atoms. The van der Waals surface area contributed by atoms with Gasteiger partial charge in [0.15, 0.2) is 0 Å². The van der Waals surface area contributed by atoms with E-state index in [0.717, 1.165) is 49.8 Å². The predicted octanol–water partition coefficient (Wildman–Crippen LogP) is -5.29. The van der Waals surface area contributed by atoms with Crippen LogP contribution < -0.4 is 91.6 Å². The molecule has 8 rings (SSSR count). The molecular weight excluding hydrogens is 1950 g/mol. The van der Waals surface area contributed by atoms with Gasteiger partial charge in [-0.05, 0) is 152 Å². The fourth-order valence-electron chi connectivity index (χ4n) is 20.2. The summed E-state index contributed by atoms with van der Waals surface area (Å²) in [5.41, 5.74) is 17.0. The van der Waals surface area contributed by atoms with Gasteiger partial charge in [-0.1, -0.05) is 67.5 Å². The molecule has 5 heterocycles. The van der Waals surface area contributed by atoms with E-state index in [1.807, 2.05) is 0 Å². The number of unbranched alkanes of at least 4 members (excludes halogenated alkanes) is 2. The molecule has 5 aliphatic heterocycles. The lowest BCUT2D eigenvalue weighted by Gasteiger charge is -2.33. The van der Waals surface area contributed by atoms with Gasteiger partial charge >= 0.3 is 36.0 Å². The summed E-state index contributed by atoms with van der Waals surface area (Å²) in [6, 6.07) is -22.2. The van der Waals surface area contributed by atoms with Crippen molar-refractivity contribution in [3.8, 4) is 0 Å². The highest BCUT2D eigenvalue weighted by atomic mass is 33.1. The third kappa shape index (κ3) is 40.7. The van der Waals surface area contributed by atoms with Crippen LogP contribution in [0.3, 0.4) is 0 Å². The molecule has 3 saturated carbocycles. The molecule has 18 atom stereocenters. The molecule has 54 heteroatoms. The zero-order valence-corrected chi connectivity index (χ0v) is 83.5. The van der Waals surface area contributed by atoms with Crippen molar-refractivity contribution in [1.29, 1.82) is 0 Å². The quantitative estimate of drug-likeness (QED) is 0.0200. The van der Waals surface area contributed by atoms with Gasteiger partial charge in [-0.3, -0.25) is 120 Å². The summed E-state index contributed by atoms with van der Waals surface area (Å²) in [4.78, 5) is 299. The number of carbonyl (C=O) groups excluding carboxylic acids is 16. The van der Waals surface area contributed by atoms with Crippen LogP contribution in [-0.2, 0) is 101 Å². The maximum absolute atomic E-state index is 15.7. The molecule has 0 aromatic rings. The zero-order chi connectivity index (χ0) is 106. The molecular formula is C91H145F3N22O27S2. The second kappa shape index (κ2) is 59.2. The third-order valence-electron chi connectivity index (χ3n) is 27.8. The van der Waals surface area contributed by atoms with Gasteiger partial charge < -0.3 is 127 Å². The van der Waals surface area contributed by atoms with E-state index >= 15 is 38.4 Å². The number of hydrogen-bond acceptors (Lipinski definition) is 30. The van der Waals surface area contributed by atoms with Crippen LogP contribution in [0.2, 0.25) is 0 Å². The Balaban J connectivity index is 1.09. The van der Waals surface area contributed by atoms with Gasteiger partial charge in [0.25, 0.3) is 0 Å². The third-order valence-corrected chi connectivity index (χ3v) is 30.3. The number of rotatable bonds is 43. The van der Waals surface area contributed by atoms with E-state index in [0.29, 0.717) is 53.8 Å². The number of carboxylic acids is 5. The molecule has 0 spiro atoms. The molecule has 16 amide bonds. The highest BCUT2D eigenvalue weighted by Gasteiger charge is 2.48. The van der Waals surface area contributed by atoms with Crippen LogP contribution in [0.5, 0.6) is 0 Å². The second-order valence-corrected chi connectivity index (χ2v) is 42.0. The summed E-state index contributed by atoms with van der Waals surface area (Å²) in [6.07, 6.45) is -3.34. The Morgan fingerprint density at radius 3 is 1.58 bits per heavy atom. The number of fused-ring (bicyclic) bond motifs is 2. The number of alkyl halides is 3. The second-order valence-electron chi connectivity index (χ2n) is 39.5. The molecule has 6 unspecified atom stereocenters. The molecule has 5 saturated heterocycles.